The Balaban J connectivity index is 1.57. The topological polar surface area (TPSA) is 113 Å². The number of urea groups is 1. The van der Waals surface area contributed by atoms with Crippen molar-refractivity contribution in [1.29, 1.82) is 0 Å². The van der Waals surface area contributed by atoms with Gasteiger partial charge in [0.1, 0.15) is 5.75 Å². The molecule has 10 nitrogen and oxygen atoms in total. The summed E-state index contributed by atoms with van der Waals surface area (Å²) < 4.78 is 16.1. The van der Waals surface area contributed by atoms with E-state index < -0.39 is 18.0 Å². The predicted octanol–water partition coefficient (Wildman–Crippen LogP) is 2.40. The normalized spacial score (nSPS) is 18.4. The van der Waals surface area contributed by atoms with Gasteiger partial charge >= 0.3 is 12.0 Å². The number of amides is 2. The number of hydrogen-bond acceptors (Lipinski definition) is 8. The lowest BCUT2D eigenvalue weighted by Gasteiger charge is -2.38. The lowest BCUT2D eigenvalue weighted by Crippen LogP contribution is -2.51. The van der Waals surface area contributed by atoms with Gasteiger partial charge in [-0.05, 0) is 36.8 Å². The van der Waals surface area contributed by atoms with Crippen molar-refractivity contribution in [3.05, 3.63) is 59.3 Å². The van der Waals surface area contributed by atoms with Crippen molar-refractivity contribution < 1.29 is 28.9 Å². The summed E-state index contributed by atoms with van der Waals surface area (Å²) in [5, 5.41) is 15.7. The van der Waals surface area contributed by atoms with Crippen LogP contribution in [0.1, 0.15) is 18.5 Å². The summed E-state index contributed by atoms with van der Waals surface area (Å²) in [5.74, 6) is 0.551. The summed E-state index contributed by atoms with van der Waals surface area (Å²) in [6, 6.07) is 11.5. The van der Waals surface area contributed by atoms with Crippen LogP contribution < -0.4 is 25.0 Å². The number of esters is 1. The van der Waals surface area contributed by atoms with Crippen LogP contribution >= 0.6 is 0 Å². The van der Waals surface area contributed by atoms with Crippen molar-refractivity contribution >= 4 is 17.7 Å². The number of piperazine rings is 1. The number of hydrogen-bond donors (Lipinski definition) is 3. The summed E-state index contributed by atoms with van der Waals surface area (Å²) in [6.07, 6.45) is 0. The molecule has 1 fully saturated rings. The molecule has 0 aromatic heterocycles. The third-order valence-electron chi connectivity index (χ3n) is 6.36. The maximum atomic E-state index is 12.9. The first kappa shape index (κ1) is 25.2. The summed E-state index contributed by atoms with van der Waals surface area (Å²) >= 11 is 0. The van der Waals surface area contributed by atoms with Crippen molar-refractivity contribution in [2.75, 3.05) is 58.5 Å². The van der Waals surface area contributed by atoms with E-state index in [0.29, 0.717) is 30.0 Å². The molecule has 2 aliphatic heterocycles. The van der Waals surface area contributed by atoms with Gasteiger partial charge in [0.05, 0.1) is 38.1 Å². The van der Waals surface area contributed by atoms with Crippen LogP contribution in [0.15, 0.2) is 53.7 Å². The molecule has 1 atom stereocenters. The van der Waals surface area contributed by atoms with Crippen molar-refractivity contribution in [3.63, 3.8) is 0 Å². The summed E-state index contributed by atoms with van der Waals surface area (Å²) in [4.78, 5) is 30.0. The third kappa shape index (κ3) is 5.33. The molecule has 4 rings (SSSR count). The zero-order valence-electron chi connectivity index (χ0n) is 20.7. The molecule has 2 aromatic carbocycles. The molecule has 2 amide bonds. The Morgan fingerprint density at radius 1 is 1.08 bits per heavy atom. The Kier molecular flexibility index (Phi) is 7.84. The first-order valence-corrected chi connectivity index (χ1v) is 11.9. The van der Waals surface area contributed by atoms with Crippen LogP contribution in [-0.4, -0.2) is 75.6 Å². The number of aromatic hydroxyl groups is 1. The monoisotopic (exact) mass is 496 g/mol. The van der Waals surface area contributed by atoms with Gasteiger partial charge in [0.2, 0.25) is 0 Å². The van der Waals surface area contributed by atoms with Crippen LogP contribution in [0.3, 0.4) is 0 Å². The molecule has 0 bridgehead atoms. The number of nitrogens with one attached hydrogen (secondary N) is 2. The molecule has 3 N–H and O–H groups in total. The van der Waals surface area contributed by atoms with E-state index in [1.165, 1.54) is 13.2 Å². The van der Waals surface area contributed by atoms with Crippen LogP contribution in [-0.2, 0) is 9.53 Å². The van der Waals surface area contributed by atoms with Gasteiger partial charge in [0.15, 0.2) is 11.5 Å². The van der Waals surface area contributed by atoms with Gasteiger partial charge in [-0.15, -0.1) is 0 Å². The average molecular weight is 497 g/mol. The SMILES string of the molecule is CCOc1cc([C@H]2NC(=O)NC(CN3CCN(c4ccccc4OC)CC3)=C2C(=O)OC)ccc1O. The number of anilines is 1. The standard InChI is InChI=1S/C26H32N4O6/c1-4-36-22-15-17(9-10-20(22)31)24-23(25(32)35-3)18(27-26(33)28-24)16-29-11-13-30(14-12-29)19-7-5-6-8-21(19)34-2/h5-10,15,24,31H,4,11-14,16H2,1-3H3,(H2,27,28,33)/t24-/m1/s1. The van der Waals surface area contributed by atoms with Gasteiger partial charge in [-0.25, -0.2) is 9.59 Å². The van der Waals surface area contributed by atoms with Crippen LogP contribution in [0.2, 0.25) is 0 Å². The van der Waals surface area contributed by atoms with Crippen molar-refractivity contribution in [2.45, 2.75) is 13.0 Å². The van der Waals surface area contributed by atoms with E-state index in [-0.39, 0.29) is 11.5 Å². The van der Waals surface area contributed by atoms with E-state index in [0.717, 1.165) is 37.6 Å². The number of rotatable bonds is 8. The lowest BCUT2D eigenvalue weighted by molar-refractivity contribution is -0.136. The number of ether oxygens (including phenoxy) is 3. The Labute approximate surface area is 210 Å². The van der Waals surface area contributed by atoms with Gasteiger partial charge in [0, 0.05) is 38.4 Å². The number of phenols is 1. The first-order valence-electron chi connectivity index (χ1n) is 11.9. The van der Waals surface area contributed by atoms with E-state index in [1.807, 2.05) is 31.2 Å². The minimum Gasteiger partial charge on any atom is -0.504 e. The van der Waals surface area contributed by atoms with Crippen LogP contribution in [0, 0.1) is 0 Å². The first-order chi connectivity index (χ1) is 17.4. The fourth-order valence-corrected chi connectivity index (χ4v) is 4.59. The van der Waals surface area contributed by atoms with Crippen molar-refractivity contribution in [3.8, 4) is 17.2 Å². The fourth-order valence-electron chi connectivity index (χ4n) is 4.59. The number of phenolic OH excluding ortho intramolecular Hbond substituents is 1. The largest absolute Gasteiger partial charge is 0.504 e. The third-order valence-corrected chi connectivity index (χ3v) is 6.36. The maximum absolute atomic E-state index is 12.9. The fraction of sp³-hybridized carbons (Fsp3) is 0.385. The predicted molar refractivity (Wildman–Crippen MR) is 134 cm³/mol. The molecule has 0 spiro atoms. The molecule has 1 saturated heterocycles. The molecule has 0 unspecified atom stereocenters. The van der Waals surface area contributed by atoms with E-state index in [4.69, 9.17) is 14.2 Å². The number of carbonyl (C=O) groups excluding carboxylic acids is 2. The molecule has 36 heavy (non-hydrogen) atoms. The zero-order chi connectivity index (χ0) is 25.7. The van der Waals surface area contributed by atoms with E-state index >= 15 is 0 Å². The van der Waals surface area contributed by atoms with Gasteiger partial charge in [-0.1, -0.05) is 18.2 Å². The highest BCUT2D eigenvalue weighted by atomic mass is 16.5. The number of benzene rings is 2. The van der Waals surface area contributed by atoms with Gasteiger partial charge in [-0.2, -0.15) is 0 Å². The van der Waals surface area contributed by atoms with E-state index in [1.54, 1.807) is 19.2 Å². The molecular formula is C26H32N4O6. The minimum atomic E-state index is -0.754. The molecular weight excluding hydrogens is 464 g/mol. The second-order valence-corrected chi connectivity index (χ2v) is 8.51. The zero-order valence-corrected chi connectivity index (χ0v) is 20.7. The summed E-state index contributed by atoms with van der Waals surface area (Å²) in [5.41, 5.74) is 2.46. The summed E-state index contributed by atoms with van der Waals surface area (Å²) in [7, 11) is 2.98. The summed E-state index contributed by atoms with van der Waals surface area (Å²) in [6.45, 7) is 5.56. The van der Waals surface area contributed by atoms with Gasteiger partial charge in [0.25, 0.3) is 0 Å². The molecule has 2 aliphatic rings. The molecule has 10 heteroatoms. The molecule has 0 radical (unpaired) electrons. The number of nitrogens with zero attached hydrogens (tertiary/aromatic N) is 2. The molecule has 0 saturated carbocycles. The number of carbonyl (C=O) groups is 2. The lowest BCUT2D eigenvalue weighted by atomic mass is 9.94. The van der Waals surface area contributed by atoms with Crippen LogP contribution in [0.5, 0.6) is 17.2 Å². The number of methoxy groups -OCH3 is 2. The molecule has 0 aliphatic carbocycles. The van der Waals surface area contributed by atoms with Crippen LogP contribution in [0.25, 0.3) is 0 Å². The van der Waals surface area contributed by atoms with Gasteiger partial charge < -0.3 is 34.9 Å². The Morgan fingerprint density at radius 3 is 2.53 bits per heavy atom. The average Bonchev–Trinajstić information content (AvgIpc) is 2.90. The molecule has 2 aromatic rings. The second-order valence-electron chi connectivity index (χ2n) is 8.51. The van der Waals surface area contributed by atoms with Crippen LogP contribution in [0.4, 0.5) is 10.5 Å². The van der Waals surface area contributed by atoms with E-state index in [9.17, 15) is 14.7 Å². The second kappa shape index (κ2) is 11.2. The number of para-hydroxylation sites is 2. The quantitative estimate of drug-likeness (QED) is 0.478. The Morgan fingerprint density at radius 2 is 1.83 bits per heavy atom. The van der Waals surface area contributed by atoms with Crippen molar-refractivity contribution in [1.82, 2.24) is 15.5 Å². The maximum Gasteiger partial charge on any atom is 0.338 e. The smallest absolute Gasteiger partial charge is 0.338 e. The Bertz CT molecular complexity index is 1140. The minimum absolute atomic E-state index is 0.0161. The Hall–Kier alpha value is -3.92. The van der Waals surface area contributed by atoms with Crippen molar-refractivity contribution in [2.24, 2.45) is 0 Å². The molecule has 192 valence electrons. The highest BCUT2D eigenvalue weighted by molar-refractivity contribution is 5.95. The van der Waals surface area contributed by atoms with E-state index in [2.05, 4.69) is 20.4 Å². The highest BCUT2D eigenvalue weighted by Crippen LogP contribution is 2.34. The van der Waals surface area contributed by atoms with Gasteiger partial charge in [-0.3, -0.25) is 4.90 Å². The highest BCUT2D eigenvalue weighted by Gasteiger charge is 2.35. The molecule has 2 heterocycles.